The third kappa shape index (κ3) is 2.42. The van der Waals surface area contributed by atoms with Crippen LogP contribution in [0.3, 0.4) is 0 Å². The van der Waals surface area contributed by atoms with Crippen LogP contribution in [-0.4, -0.2) is 24.8 Å². The summed E-state index contributed by atoms with van der Waals surface area (Å²) >= 11 is 0. The minimum atomic E-state index is -4.49. The summed E-state index contributed by atoms with van der Waals surface area (Å²) in [4.78, 5) is 19.0. The van der Waals surface area contributed by atoms with E-state index in [1.54, 1.807) is 24.3 Å². The second-order valence-corrected chi connectivity index (χ2v) is 7.54. The summed E-state index contributed by atoms with van der Waals surface area (Å²) < 4.78 is 40.5. The van der Waals surface area contributed by atoms with Crippen molar-refractivity contribution < 1.29 is 18.0 Å². The Hall–Kier alpha value is -2.63. The van der Waals surface area contributed by atoms with Crippen LogP contribution in [0.25, 0.3) is 0 Å². The minimum Gasteiger partial charge on any atom is -0.315 e. The number of carbonyl (C=O) groups excluding carboxylic acids is 1. The Morgan fingerprint density at radius 1 is 1.07 bits per heavy atom. The Morgan fingerprint density at radius 2 is 1.70 bits per heavy atom. The zero-order valence-electron chi connectivity index (χ0n) is 15.3. The third-order valence-electron chi connectivity index (χ3n) is 5.68. The van der Waals surface area contributed by atoms with Crippen LogP contribution in [0.4, 0.5) is 18.9 Å². The number of anilines is 1. The predicted octanol–water partition coefficient (Wildman–Crippen LogP) is 4.63. The number of hydrogen-bond acceptors (Lipinski definition) is 2. The number of carbonyl (C=O) groups is 1. The van der Waals surface area contributed by atoms with E-state index in [1.165, 1.54) is 18.9 Å². The van der Waals surface area contributed by atoms with E-state index in [4.69, 9.17) is 0 Å². The molecule has 2 aromatic rings. The van der Waals surface area contributed by atoms with Crippen LogP contribution in [0, 0.1) is 12.3 Å². The SMILES string of the molecule is Cc1ccc(C2=NC23c2ccccc2N(C)C(=O)C3(C)CC(F)(F)F)cc1. The van der Waals surface area contributed by atoms with Crippen molar-refractivity contribution >= 4 is 17.3 Å². The summed E-state index contributed by atoms with van der Waals surface area (Å²) in [6.45, 7) is 3.33. The molecule has 2 heterocycles. The van der Waals surface area contributed by atoms with Crippen molar-refractivity contribution in [3.63, 3.8) is 0 Å². The van der Waals surface area contributed by atoms with Crippen LogP contribution in [0.15, 0.2) is 53.5 Å². The minimum absolute atomic E-state index is 0.545. The first-order valence-electron chi connectivity index (χ1n) is 8.72. The number of fused-ring (bicyclic) bond motifs is 2. The molecule has 1 amide bonds. The summed E-state index contributed by atoms with van der Waals surface area (Å²) in [7, 11) is 1.52. The molecule has 1 spiro atoms. The van der Waals surface area contributed by atoms with Crippen molar-refractivity contribution in [3.8, 4) is 0 Å². The maximum atomic E-state index is 13.5. The summed E-state index contributed by atoms with van der Waals surface area (Å²) in [5.74, 6) is -0.565. The molecule has 0 N–H and O–H groups in total. The van der Waals surface area contributed by atoms with Crippen LogP contribution in [-0.2, 0) is 10.3 Å². The van der Waals surface area contributed by atoms with E-state index in [9.17, 15) is 18.0 Å². The van der Waals surface area contributed by atoms with Crippen molar-refractivity contribution in [2.24, 2.45) is 10.4 Å². The molecular weight excluding hydrogens is 353 g/mol. The first kappa shape index (κ1) is 17.8. The van der Waals surface area contributed by atoms with Crippen molar-refractivity contribution in [3.05, 3.63) is 65.2 Å². The normalized spacial score (nSPS) is 26.8. The monoisotopic (exact) mass is 372 g/mol. The van der Waals surface area contributed by atoms with E-state index in [0.717, 1.165) is 11.1 Å². The quantitative estimate of drug-likeness (QED) is 0.757. The average Bonchev–Trinajstić information content (AvgIpc) is 3.36. The summed E-state index contributed by atoms with van der Waals surface area (Å²) in [6.07, 6.45) is -5.71. The molecule has 27 heavy (non-hydrogen) atoms. The van der Waals surface area contributed by atoms with Gasteiger partial charge in [0.05, 0.1) is 17.5 Å². The van der Waals surface area contributed by atoms with Gasteiger partial charge in [-0.1, -0.05) is 48.0 Å². The van der Waals surface area contributed by atoms with Gasteiger partial charge < -0.3 is 4.90 Å². The van der Waals surface area contributed by atoms with Gasteiger partial charge in [-0.2, -0.15) is 13.2 Å². The van der Waals surface area contributed by atoms with E-state index < -0.39 is 29.5 Å². The molecule has 0 aliphatic carbocycles. The predicted molar refractivity (Wildman–Crippen MR) is 98.0 cm³/mol. The van der Waals surface area contributed by atoms with Gasteiger partial charge in [0, 0.05) is 18.3 Å². The largest absolute Gasteiger partial charge is 0.390 e. The van der Waals surface area contributed by atoms with Gasteiger partial charge in [-0.25, -0.2) is 0 Å². The van der Waals surface area contributed by atoms with Crippen LogP contribution >= 0.6 is 0 Å². The maximum absolute atomic E-state index is 13.5. The maximum Gasteiger partial charge on any atom is 0.390 e. The van der Waals surface area contributed by atoms with E-state index in [2.05, 4.69) is 4.99 Å². The van der Waals surface area contributed by atoms with Gasteiger partial charge in [-0.05, 0) is 25.5 Å². The Kier molecular flexibility index (Phi) is 3.58. The van der Waals surface area contributed by atoms with Crippen LogP contribution in [0.2, 0.25) is 0 Å². The third-order valence-corrected chi connectivity index (χ3v) is 5.68. The van der Waals surface area contributed by atoms with Gasteiger partial charge in [-0.3, -0.25) is 9.79 Å². The van der Waals surface area contributed by atoms with E-state index >= 15 is 0 Å². The lowest BCUT2D eigenvalue weighted by Gasteiger charge is -2.45. The highest BCUT2D eigenvalue weighted by Gasteiger charge is 2.70. The second kappa shape index (κ2) is 5.44. The number of alkyl halides is 3. The molecule has 2 aliphatic heterocycles. The Bertz CT molecular complexity index is 964. The molecule has 0 saturated heterocycles. The molecule has 2 aliphatic rings. The molecule has 4 rings (SSSR count). The lowest BCUT2D eigenvalue weighted by molar-refractivity contribution is -0.169. The standard InChI is InChI=1S/C21H19F3N2O/c1-13-8-10-14(11-9-13)17-21(25-17)15-6-4-5-7-16(15)26(3)18(27)19(21,2)12-20(22,23)24/h4-11H,12H2,1-3H3. The average molecular weight is 372 g/mol. The van der Waals surface area contributed by atoms with E-state index in [0.29, 0.717) is 17.0 Å². The number of nitrogens with zero attached hydrogens (tertiary/aromatic N) is 2. The number of amides is 1. The first-order valence-corrected chi connectivity index (χ1v) is 8.72. The smallest absolute Gasteiger partial charge is 0.315 e. The first-order chi connectivity index (χ1) is 12.6. The molecule has 140 valence electrons. The summed E-state index contributed by atoms with van der Waals surface area (Å²) in [5, 5.41) is 0. The lowest BCUT2D eigenvalue weighted by Crippen LogP contribution is -2.56. The fraction of sp³-hybridized carbons (Fsp3) is 0.333. The van der Waals surface area contributed by atoms with E-state index in [-0.39, 0.29) is 0 Å². The Balaban J connectivity index is 1.92. The van der Waals surface area contributed by atoms with Gasteiger partial charge in [-0.15, -0.1) is 0 Å². The van der Waals surface area contributed by atoms with Crippen molar-refractivity contribution in [1.82, 2.24) is 0 Å². The number of para-hydroxylation sites is 1. The van der Waals surface area contributed by atoms with E-state index in [1.807, 2.05) is 31.2 Å². The summed E-state index contributed by atoms with van der Waals surface area (Å²) in [6, 6.07) is 14.6. The van der Waals surface area contributed by atoms with Crippen molar-refractivity contribution in [2.45, 2.75) is 32.0 Å². The lowest BCUT2D eigenvalue weighted by atomic mass is 9.63. The number of rotatable bonds is 2. The topological polar surface area (TPSA) is 32.7 Å². The number of aliphatic imine (C=N–C) groups is 1. The molecule has 0 aromatic heterocycles. The Labute approximate surface area is 155 Å². The molecule has 0 saturated carbocycles. The molecule has 0 radical (unpaired) electrons. The highest BCUT2D eigenvalue weighted by molar-refractivity contribution is 6.23. The van der Waals surface area contributed by atoms with Gasteiger partial charge in [0.2, 0.25) is 5.91 Å². The second-order valence-electron chi connectivity index (χ2n) is 7.54. The molecule has 0 bridgehead atoms. The number of benzene rings is 2. The Morgan fingerprint density at radius 3 is 2.33 bits per heavy atom. The molecule has 2 aromatic carbocycles. The number of hydrogen-bond donors (Lipinski definition) is 0. The van der Waals surface area contributed by atoms with Gasteiger partial charge in [0.25, 0.3) is 0 Å². The fourth-order valence-electron chi connectivity index (χ4n) is 4.31. The number of halogens is 3. The molecule has 6 heteroatoms. The van der Waals surface area contributed by atoms with Crippen molar-refractivity contribution in [1.29, 1.82) is 0 Å². The van der Waals surface area contributed by atoms with Crippen LogP contribution < -0.4 is 4.90 Å². The highest BCUT2D eigenvalue weighted by Crippen LogP contribution is 2.63. The molecular formula is C21H19F3N2O. The van der Waals surface area contributed by atoms with Crippen molar-refractivity contribution in [2.75, 3.05) is 11.9 Å². The van der Waals surface area contributed by atoms with Crippen LogP contribution in [0.1, 0.15) is 30.0 Å². The van der Waals surface area contributed by atoms with Gasteiger partial charge in [0.1, 0.15) is 5.54 Å². The zero-order valence-corrected chi connectivity index (χ0v) is 15.3. The molecule has 2 atom stereocenters. The fourth-order valence-corrected chi connectivity index (χ4v) is 4.31. The van der Waals surface area contributed by atoms with Gasteiger partial charge >= 0.3 is 6.18 Å². The zero-order chi connectivity index (χ0) is 19.6. The van der Waals surface area contributed by atoms with Crippen LogP contribution in [0.5, 0.6) is 0 Å². The number of aryl methyl sites for hydroxylation is 1. The van der Waals surface area contributed by atoms with Gasteiger partial charge in [0.15, 0.2) is 0 Å². The molecule has 0 fully saturated rings. The molecule has 3 nitrogen and oxygen atoms in total. The highest BCUT2D eigenvalue weighted by atomic mass is 19.4. The summed E-state index contributed by atoms with van der Waals surface area (Å²) in [5.41, 5.74) is 0.589. The molecule has 2 unspecified atom stereocenters.